The molecule has 2 N–H and O–H groups in total. The molecule has 0 aromatic heterocycles. The van der Waals surface area contributed by atoms with Gasteiger partial charge in [-0.15, -0.1) is 24.0 Å². The van der Waals surface area contributed by atoms with Crippen molar-refractivity contribution in [2.75, 3.05) is 44.7 Å². The summed E-state index contributed by atoms with van der Waals surface area (Å²) >= 11 is 0. The van der Waals surface area contributed by atoms with Gasteiger partial charge in [0, 0.05) is 45.5 Å². The minimum absolute atomic E-state index is 0. The molecule has 0 spiro atoms. The van der Waals surface area contributed by atoms with Crippen LogP contribution in [0.25, 0.3) is 0 Å². The van der Waals surface area contributed by atoms with E-state index in [1.54, 1.807) is 7.05 Å². The highest BCUT2D eigenvalue weighted by Gasteiger charge is 2.27. The summed E-state index contributed by atoms with van der Waals surface area (Å²) in [5.41, 5.74) is 2.10. The number of hydrogen-bond acceptors (Lipinski definition) is 4. The summed E-state index contributed by atoms with van der Waals surface area (Å²) in [7, 11) is 1.80. The monoisotopic (exact) mass is 571 g/mol. The molecule has 8 heteroatoms. The second-order valence-electron chi connectivity index (χ2n) is 10.0. The van der Waals surface area contributed by atoms with E-state index in [1.165, 1.54) is 24.1 Å². The van der Waals surface area contributed by atoms with Crippen molar-refractivity contribution < 1.29 is 9.53 Å². The molecule has 1 aromatic carbocycles. The first-order chi connectivity index (χ1) is 15.2. The fourth-order valence-corrected chi connectivity index (χ4v) is 4.41. The Balaban J connectivity index is 0.00000385. The third-order valence-corrected chi connectivity index (χ3v) is 6.15. The molecule has 2 unspecified atom stereocenters. The van der Waals surface area contributed by atoms with E-state index in [0.29, 0.717) is 12.5 Å². The first-order valence-corrected chi connectivity index (χ1v) is 12.0. The van der Waals surface area contributed by atoms with E-state index in [0.717, 1.165) is 45.0 Å². The summed E-state index contributed by atoms with van der Waals surface area (Å²) in [6.07, 6.45) is 4.44. The van der Waals surface area contributed by atoms with Crippen molar-refractivity contribution in [3.63, 3.8) is 0 Å². The lowest BCUT2D eigenvalue weighted by Gasteiger charge is -2.34. The van der Waals surface area contributed by atoms with Crippen LogP contribution in [0.1, 0.15) is 65.0 Å². The number of carbonyl (C=O) groups excluding carboxylic acids is 1. The van der Waals surface area contributed by atoms with E-state index in [1.807, 2.05) is 25.7 Å². The lowest BCUT2D eigenvalue weighted by atomic mass is 9.98. The van der Waals surface area contributed by atoms with Crippen LogP contribution in [0.15, 0.2) is 29.3 Å². The Bertz CT molecular complexity index is 789. The average molecular weight is 572 g/mol. The number of guanidine groups is 1. The third-order valence-electron chi connectivity index (χ3n) is 6.15. The zero-order chi connectivity index (χ0) is 23.1. The van der Waals surface area contributed by atoms with Gasteiger partial charge in [0.05, 0.1) is 6.04 Å². The number of piperidine rings is 1. The number of nitrogens with one attached hydrogen (secondary N) is 2. The Morgan fingerprint density at radius 2 is 1.94 bits per heavy atom. The number of amides is 1. The summed E-state index contributed by atoms with van der Waals surface area (Å²) in [4.78, 5) is 21.1. The number of nitrogens with zero attached hydrogens (tertiary/aromatic N) is 3. The molecular weight excluding hydrogens is 529 g/mol. The maximum atomic E-state index is 12.4. The Morgan fingerprint density at radius 1 is 1.21 bits per heavy atom. The third kappa shape index (κ3) is 8.54. The van der Waals surface area contributed by atoms with E-state index < -0.39 is 5.60 Å². The van der Waals surface area contributed by atoms with Crippen molar-refractivity contribution in [2.45, 2.75) is 65.0 Å². The number of rotatable bonds is 5. The van der Waals surface area contributed by atoms with Crippen LogP contribution in [-0.2, 0) is 4.74 Å². The van der Waals surface area contributed by atoms with Crippen LogP contribution < -0.4 is 15.5 Å². The van der Waals surface area contributed by atoms with Crippen LogP contribution in [0.2, 0.25) is 0 Å². The highest BCUT2D eigenvalue weighted by Crippen LogP contribution is 2.24. The van der Waals surface area contributed by atoms with Crippen molar-refractivity contribution in [1.29, 1.82) is 0 Å². The minimum Gasteiger partial charge on any atom is -0.444 e. The largest absolute Gasteiger partial charge is 0.444 e. The van der Waals surface area contributed by atoms with Gasteiger partial charge in [-0.25, -0.2) is 4.79 Å². The number of anilines is 1. The molecule has 2 heterocycles. The van der Waals surface area contributed by atoms with Crippen molar-refractivity contribution >= 4 is 41.7 Å². The van der Waals surface area contributed by atoms with E-state index in [2.05, 4.69) is 51.7 Å². The standard InChI is InChI=1S/C25H41N5O2.HI/c1-19(21-11-8-12-22(16-21)29-13-6-7-14-29)28-23(26-5)27-17-20-10-9-15-30(18-20)24(31)32-25(2,3)4;/h8,11-12,16,19-20H,6-7,9-10,13-15,17-18H2,1-5H3,(H2,26,27,28);1H. The van der Waals surface area contributed by atoms with Gasteiger partial charge in [0.25, 0.3) is 0 Å². The first-order valence-electron chi connectivity index (χ1n) is 12.0. The summed E-state index contributed by atoms with van der Waals surface area (Å²) in [6, 6.07) is 8.95. The number of ether oxygens (including phenoxy) is 1. The van der Waals surface area contributed by atoms with Gasteiger partial charge >= 0.3 is 6.09 Å². The molecule has 186 valence electrons. The molecular formula is C25H42IN5O2. The van der Waals surface area contributed by atoms with Gasteiger partial charge in [0.1, 0.15) is 5.60 Å². The SMILES string of the molecule is CN=C(NCC1CCCN(C(=O)OC(C)(C)C)C1)NC(C)c1cccc(N2CCCC2)c1.I. The zero-order valence-electron chi connectivity index (χ0n) is 20.9. The van der Waals surface area contributed by atoms with Crippen molar-refractivity contribution in [1.82, 2.24) is 15.5 Å². The summed E-state index contributed by atoms with van der Waals surface area (Å²) in [5.74, 6) is 1.17. The van der Waals surface area contributed by atoms with Crippen LogP contribution in [-0.4, -0.2) is 62.3 Å². The van der Waals surface area contributed by atoms with Crippen LogP contribution in [0.4, 0.5) is 10.5 Å². The van der Waals surface area contributed by atoms with E-state index >= 15 is 0 Å². The topological polar surface area (TPSA) is 69.2 Å². The van der Waals surface area contributed by atoms with Crippen molar-refractivity contribution in [3.8, 4) is 0 Å². The van der Waals surface area contributed by atoms with Gasteiger partial charge in [0.15, 0.2) is 5.96 Å². The molecule has 2 saturated heterocycles. The molecule has 0 bridgehead atoms. The number of benzene rings is 1. The van der Waals surface area contributed by atoms with Gasteiger partial charge in [-0.1, -0.05) is 12.1 Å². The smallest absolute Gasteiger partial charge is 0.410 e. The number of hydrogen-bond donors (Lipinski definition) is 2. The normalized spacial score (nSPS) is 20.2. The molecule has 2 fully saturated rings. The number of halogens is 1. The average Bonchev–Trinajstić information content (AvgIpc) is 3.30. The zero-order valence-corrected chi connectivity index (χ0v) is 23.2. The van der Waals surface area contributed by atoms with Crippen molar-refractivity contribution in [3.05, 3.63) is 29.8 Å². The van der Waals surface area contributed by atoms with Crippen molar-refractivity contribution in [2.24, 2.45) is 10.9 Å². The van der Waals surface area contributed by atoms with E-state index in [9.17, 15) is 4.79 Å². The molecule has 3 rings (SSSR count). The summed E-state index contributed by atoms with van der Waals surface area (Å²) < 4.78 is 5.55. The predicted octanol–water partition coefficient (Wildman–Crippen LogP) is 4.78. The van der Waals surface area contributed by atoms with Gasteiger partial charge in [-0.2, -0.15) is 0 Å². The van der Waals surface area contributed by atoms with Gasteiger partial charge in [0.2, 0.25) is 0 Å². The lowest BCUT2D eigenvalue weighted by Crippen LogP contribution is -2.47. The van der Waals surface area contributed by atoms with Gasteiger partial charge in [-0.3, -0.25) is 4.99 Å². The van der Waals surface area contributed by atoms with Crippen LogP contribution in [0.3, 0.4) is 0 Å². The molecule has 33 heavy (non-hydrogen) atoms. The predicted molar refractivity (Wildman–Crippen MR) is 147 cm³/mol. The molecule has 0 radical (unpaired) electrons. The Labute approximate surface area is 216 Å². The second kappa shape index (κ2) is 12.7. The van der Waals surface area contributed by atoms with Gasteiger partial charge in [-0.05, 0) is 77.0 Å². The van der Waals surface area contributed by atoms with Crippen LogP contribution >= 0.6 is 24.0 Å². The molecule has 1 amide bonds. The number of aliphatic imine (C=N–C) groups is 1. The summed E-state index contributed by atoms with van der Waals surface area (Å²) in [5, 5.41) is 6.99. The lowest BCUT2D eigenvalue weighted by molar-refractivity contribution is 0.0168. The second-order valence-corrected chi connectivity index (χ2v) is 10.0. The molecule has 0 aliphatic carbocycles. The highest BCUT2D eigenvalue weighted by molar-refractivity contribution is 14.0. The minimum atomic E-state index is -0.462. The Morgan fingerprint density at radius 3 is 2.61 bits per heavy atom. The maximum absolute atomic E-state index is 12.4. The molecule has 2 atom stereocenters. The van der Waals surface area contributed by atoms with Crippen LogP contribution in [0, 0.1) is 5.92 Å². The fraction of sp³-hybridized carbons (Fsp3) is 0.680. The Hall–Kier alpha value is -1.71. The molecule has 1 aromatic rings. The molecule has 2 aliphatic rings. The van der Waals surface area contributed by atoms with E-state index in [4.69, 9.17) is 4.74 Å². The quantitative estimate of drug-likeness (QED) is 0.303. The molecule has 7 nitrogen and oxygen atoms in total. The molecule has 0 saturated carbocycles. The first kappa shape index (κ1) is 27.5. The summed E-state index contributed by atoms with van der Waals surface area (Å²) in [6.45, 7) is 12.4. The van der Waals surface area contributed by atoms with Gasteiger partial charge < -0.3 is 25.2 Å². The van der Waals surface area contributed by atoms with E-state index in [-0.39, 0.29) is 36.1 Å². The number of carbonyl (C=O) groups is 1. The Kier molecular flexibility index (Phi) is 10.6. The highest BCUT2D eigenvalue weighted by atomic mass is 127. The number of likely N-dealkylation sites (tertiary alicyclic amines) is 1. The fourth-order valence-electron chi connectivity index (χ4n) is 4.41. The molecule has 2 aliphatic heterocycles. The van der Waals surface area contributed by atoms with Crippen LogP contribution in [0.5, 0.6) is 0 Å². The maximum Gasteiger partial charge on any atom is 0.410 e.